The van der Waals surface area contributed by atoms with Crippen molar-refractivity contribution in [1.82, 2.24) is 15.6 Å². The number of anilines is 1. The molecule has 1 aliphatic heterocycles. The first-order chi connectivity index (χ1) is 15.1. The predicted octanol–water partition coefficient (Wildman–Crippen LogP) is 3.38. The number of pyridine rings is 1. The molecule has 0 radical (unpaired) electrons. The molecular formula is C24H35N5O2. The number of hydrogen-bond donors (Lipinski definition) is 2. The Morgan fingerprint density at radius 2 is 1.90 bits per heavy atom. The average molecular weight is 426 g/mol. The number of morpholine rings is 1. The minimum Gasteiger partial charge on any atom is -0.493 e. The maximum atomic E-state index is 5.78. The molecule has 0 saturated carbocycles. The standard InChI is InChI=1S/C24H35N5O2/c1-18(2)17-31-22-9-7-20(8-10-22)19(3)28-24(25-4)27-16-21-6-5-11-26-23(21)29-12-14-30-15-13-29/h5-11,18-19H,12-17H2,1-4H3,(H2,25,27,28). The summed E-state index contributed by atoms with van der Waals surface area (Å²) < 4.78 is 11.3. The van der Waals surface area contributed by atoms with Gasteiger partial charge in [0.05, 0.1) is 25.9 Å². The van der Waals surface area contributed by atoms with E-state index in [1.54, 1.807) is 7.05 Å². The third-order valence-electron chi connectivity index (χ3n) is 5.16. The van der Waals surface area contributed by atoms with Crippen LogP contribution in [0.1, 0.15) is 37.9 Å². The molecule has 1 unspecified atom stereocenters. The molecule has 1 saturated heterocycles. The fourth-order valence-corrected chi connectivity index (χ4v) is 3.41. The normalized spacial score (nSPS) is 15.6. The zero-order valence-corrected chi connectivity index (χ0v) is 19.1. The van der Waals surface area contributed by atoms with E-state index in [1.165, 1.54) is 5.56 Å². The molecule has 0 aliphatic carbocycles. The van der Waals surface area contributed by atoms with Gasteiger partial charge in [-0.05, 0) is 36.6 Å². The van der Waals surface area contributed by atoms with Crippen molar-refractivity contribution in [3.05, 3.63) is 53.7 Å². The van der Waals surface area contributed by atoms with E-state index in [-0.39, 0.29) is 6.04 Å². The number of aromatic nitrogens is 1. The fourth-order valence-electron chi connectivity index (χ4n) is 3.41. The molecular weight excluding hydrogens is 390 g/mol. The molecule has 2 aromatic rings. The lowest BCUT2D eigenvalue weighted by Gasteiger charge is -2.29. The zero-order valence-electron chi connectivity index (χ0n) is 19.1. The highest BCUT2D eigenvalue weighted by molar-refractivity contribution is 5.80. The molecule has 2 heterocycles. The summed E-state index contributed by atoms with van der Waals surface area (Å²) in [7, 11) is 1.79. The van der Waals surface area contributed by atoms with Crippen LogP contribution < -0.4 is 20.3 Å². The molecule has 7 nitrogen and oxygen atoms in total. The number of aliphatic imine (C=N–C) groups is 1. The van der Waals surface area contributed by atoms with Crippen LogP contribution >= 0.6 is 0 Å². The highest BCUT2D eigenvalue weighted by atomic mass is 16.5. The van der Waals surface area contributed by atoms with Crippen LogP contribution in [-0.2, 0) is 11.3 Å². The second-order valence-corrected chi connectivity index (χ2v) is 8.15. The van der Waals surface area contributed by atoms with Crippen molar-refractivity contribution in [3.8, 4) is 5.75 Å². The molecule has 3 rings (SSSR count). The van der Waals surface area contributed by atoms with E-state index < -0.39 is 0 Å². The Balaban J connectivity index is 1.56. The SMILES string of the molecule is CN=C(NCc1cccnc1N1CCOCC1)NC(C)c1ccc(OCC(C)C)cc1. The van der Waals surface area contributed by atoms with Gasteiger partial charge in [0.25, 0.3) is 0 Å². The average Bonchev–Trinajstić information content (AvgIpc) is 2.81. The second kappa shape index (κ2) is 11.6. The van der Waals surface area contributed by atoms with Gasteiger partial charge in [0, 0.05) is 38.4 Å². The Kier molecular flexibility index (Phi) is 8.53. The summed E-state index contributed by atoms with van der Waals surface area (Å²) in [5.41, 5.74) is 2.32. The van der Waals surface area contributed by atoms with Crippen LogP contribution in [-0.4, -0.2) is 50.9 Å². The van der Waals surface area contributed by atoms with Crippen LogP contribution in [0.5, 0.6) is 5.75 Å². The van der Waals surface area contributed by atoms with Crippen LogP contribution in [0.4, 0.5) is 5.82 Å². The molecule has 0 bridgehead atoms. The van der Waals surface area contributed by atoms with Gasteiger partial charge in [-0.1, -0.05) is 32.0 Å². The molecule has 2 N–H and O–H groups in total. The minimum absolute atomic E-state index is 0.109. The van der Waals surface area contributed by atoms with Gasteiger partial charge >= 0.3 is 0 Å². The number of nitrogens with zero attached hydrogens (tertiary/aromatic N) is 3. The Morgan fingerprint density at radius 1 is 1.16 bits per heavy atom. The van der Waals surface area contributed by atoms with Gasteiger partial charge in [-0.15, -0.1) is 0 Å². The first-order valence-electron chi connectivity index (χ1n) is 11.0. The number of rotatable bonds is 8. The summed E-state index contributed by atoms with van der Waals surface area (Å²) >= 11 is 0. The van der Waals surface area contributed by atoms with Crippen molar-refractivity contribution in [3.63, 3.8) is 0 Å². The quantitative estimate of drug-likeness (QED) is 0.499. The Labute approximate surface area is 185 Å². The smallest absolute Gasteiger partial charge is 0.191 e. The Hall–Kier alpha value is -2.80. The fraction of sp³-hybridized carbons (Fsp3) is 0.500. The van der Waals surface area contributed by atoms with Crippen LogP contribution in [0.3, 0.4) is 0 Å². The van der Waals surface area contributed by atoms with Gasteiger partial charge < -0.3 is 25.0 Å². The van der Waals surface area contributed by atoms with Gasteiger partial charge in [-0.2, -0.15) is 0 Å². The Morgan fingerprint density at radius 3 is 2.58 bits per heavy atom. The first kappa shape index (κ1) is 22.9. The summed E-state index contributed by atoms with van der Waals surface area (Å²) in [6.07, 6.45) is 1.85. The van der Waals surface area contributed by atoms with Crippen molar-refractivity contribution >= 4 is 11.8 Å². The van der Waals surface area contributed by atoms with E-state index in [4.69, 9.17) is 9.47 Å². The number of hydrogen-bond acceptors (Lipinski definition) is 5. The minimum atomic E-state index is 0.109. The number of benzene rings is 1. The van der Waals surface area contributed by atoms with Crippen LogP contribution in [0.2, 0.25) is 0 Å². The topological polar surface area (TPSA) is 71.0 Å². The third-order valence-corrected chi connectivity index (χ3v) is 5.16. The number of guanidine groups is 1. The monoisotopic (exact) mass is 425 g/mol. The van der Waals surface area contributed by atoms with E-state index in [0.717, 1.165) is 56.0 Å². The molecule has 0 amide bonds. The maximum absolute atomic E-state index is 5.78. The van der Waals surface area contributed by atoms with Crippen LogP contribution in [0, 0.1) is 5.92 Å². The van der Waals surface area contributed by atoms with Crippen LogP contribution in [0.15, 0.2) is 47.6 Å². The van der Waals surface area contributed by atoms with Crippen molar-refractivity contribution in [2.75, 3.05) is 44.9 Å². The molecule has 1 atom stereocenters. The van der Waals surface area contributed by atoms with Crippen LogP contribution in [0.25, 0.3) is 0 Å². The maximum Gasteiger partial charge on any atom is 0.191 e. The highest BCUT2D eigenvalue weighted by Crippen LogP contribution is 2.19. The lowest BCUT2D eigenvalue weighted by molar-refractivity contribution is 0.122. The van der Waals surface area contributed by atoms with Crippen molar-refractivity contribution in [1.29, 1.82) is 0 Å². The predicted molar refractivity (Wildman–Crippen MR) is 126 cm³/mol. The van der Waals surface area contributed by atoms with Crippen molar-refractivity contribution < 1.29 is 9.47 Å². The second-order valence-electron chi connectivity index (χ2n) is 8.15. The zero-order chi connectivity index (χ0) is 22.1. The lowest BCUT2D eigenvalue weighted by Crippen LogP contribution is -2.40. The third kappa shape index (κ3) is 6.85. The van der Waals surface area contributed by atoms with E-state index >= 15 is 0 Å². The van der Waals surface area contributed by atoms with E-state index in [1.807, 2.05) is 24.4 Å². The van der Waals surface area contributed by atoms with E-state index in [2.05, 4.69) is 64.5 Å². The van der Waals surface area contributed by atoms with Gasteiger partial charge in [0.2, 0.25) is 0 Å². The molecule has 31 heavy (non-hydrogen) atoms. The summed E-state index contributed by atoms with van der Waals surface area (Å²) in [4.78, 5) is 11.3. The lowest BCUT2D eigenvalue weighted by atomic mass is 10.1. The van der Waals surface area contributed by atoms with Gasteiger partial charge in [-0.3, -0.25) is 4.99 Å². The van der Waals surface area contributed by atoms with E-state index in [9.17, 15) is 0 Å². The molecule has 1 aliphatic rings. The molecule has 1 aromatic carbocycles. The summed E-state index contributed by atoms with van der Waals surface area (Å²) in [6.45, 7) is 11.0. The largest absolute Gasteiger partial charge is 0.493 e. The molecule has 0 spiro atoms. The van der Waals surface area contributed by atoms with Gasteiger partial charge in [0.15, 0.2) is 5.96 Å². The first-order valence-corrected chi connectivity index (χ1v) is 11.0. The number of ether oxygens (including phenoxy) is 2. The van der Waals surface area contributed by atoms with Gasteiger partial charge in [0.1, 0.15) is 11.6 Å². The van der Waals surface area contributed by atoms with Crippen molar-refractivity contribution in [2.24, 2.45) is 10.9 Å². The molecule has 1 fully saturated rings. The molecule has 7 heteroatoms. The highest BCUT2D eigenvalue weighted by Gasteiger charge is 2.16. The Bertz CT molecular complexity index is 832. The molecule has 168 valence electrons. The van der Waals surface area contributed by atoms with Gasteiger partial charge in [-0.25, -0.2) is 4.98 Å². The summed E-state index contributed by atoms with van der Waals surface area (Å²) in [5, 5.41) is 6.89. The van der Waals surface area contributed by atoms with E-state index in [0.29, 0.717) is 12.5 Å². The summed E-state index contributed by atoms with van der Waals surface area (Å²) in [6, 6.07) is 12.4. The number of nitrogens with one attached hydrogen (secondary N) is 2. The summed E-state index contributed by atoms with van der Waals surface area (Å²) in [5.74, 6) is 3.18. The molecule has 1 aromatic heterocycles. The van der Waals surface area contributed by atoms with Crippen molar-refractivity contribution in [2.45, 2.75) is 33.4 Å².